The second-order valence-electron chi connectivity index (χ2n) is 2.94. The van der Waals surface area contributed by atoms with Crippen molar-refractivity contribution in [1.29, 1.82) is 0 Å². The van der Waals surface area contributed by atoms with E-state index in [1.807, 2.05) is 24.3 Å². The number of hydrogen-bond acceptors (Lipinski definition) is 3. The van der Waals surface area contributed by atoms with E-state index in [1.165, 1.54) is 0 Å². The van der Waals surface area contributed by atoms with Crippen molar-refractivity contribution in [2.24, 2.45) is 5.73 Å². The molecule has 3 nitrogen and oxygen atoms in total. The van der Waals surface area contributed by atoms with Crippen LogP contribution in [-0.2, 0) is 0 Å². The average molecular weight is 177 g/mol. The highest BCUT2D eigenvalue weighted by atomic mass is 16.4. The Morgan fingerprint density at radius 2 is 2.15 bits per heavy atom. The summed E-state index contributed by atoms with van der Waals surface area (Å²) in [6.07, 6.45) is 0.920. The minimum absolute atomic E-state index is 0.178. The molecule has 0 bridgehead atoms. The highest BCUT2D eigenvalue weighted by Crippen LogP contribution is 2.25. The standard InChI is InChI=1S/C10H11NO2/c11-5-9(12)10-8-4-2-1-3-7(8)6-13-10/h1-4,6,9,12H,5,11H2. The fraction of sp³-hybridized carbons (Fsp3) is 0.200. The zero-order valence-electron chi connectivity index (χ0n) is 7.10. The Hall–Kier alpha value is -1.32. The van der Waals surface area contributed by atoms with Gasteiger partial charge in [0, 0.05) is 17.3 Å². The van der Waals surface area contributed by atoms with E-state index in [9.17, 15) is 5.11 Å². The molecule has 1 aromatic carbocycles. The molecule has 3 N–H and O–H groups in total. The maximum Gasteiger partial charge on any atom is 0.141 e. The Morgan fingerprint density at radius 3 is 2.92 bits per heavy atom. The molecule has 1 aromatic heterocycles. The van der Waals surface area contributed by atoms with Gasteiger partial charge in [0.15, 0.2) is 0 Å². The van der Waals surface area contributed by atoms with E-state index in [2.05, 4.69) is 0 Å². The molecule has 3 heteroatoms. The lowest BCUT2D eigenvalue weighted by molar-refractivity contribution is 0.160. The summed E-state index contributed by atoms with van der Waals surface area (Å²) >= 11 is 0. The molecule has 2 aromatic rings. The molecule has 0 spiro atoms. The Kier molecular flexibility index (Phi) is 2.04. The van der Waals surface area contributed by atoms with Crippen molar-refractivity contribution in [3.05, 3.63) is 36.3 Å². The third kappa shape index (κ3) is 1.32. The van der Waals surface area contributed by atoms with Crippen LogP contribution in [0.4, 0.5) is 0 Å². The summed E-state index contributed by atoms with van der Waals surface area (Å²) in [7, 11) is 0. The summed E-state index contributed by atoms with van der Waals surface area (Å²) in [5.41, 5.74) is 5.34. The first-order valence-corrected chi connectivity index (χ1v) is 4.17. The van der Waals surface area contributed by atoms with Crippen LogP contribution >= 0.6 is 0 Å². The van der Waals surface area contributed by atoms with Crippen molar-refractivity contribution in [2.45, 2.75) is 6.10 Å². The maximum absolute atomic E-state index is 9.50. The van der Waals surface area contributed by atoms with Crippen LogP contribution < -0.4 is 5.73 Å². The number of aliphatic hydroxyl groups excluding tert-OH is 1. The van der Waals surface area contributed by atoms with E-state index in [4.69, 9.17) is 10.2 Å². The Morgan fingerprint density at radius 1 is 1.38 bits per heavy atom. The van der Waals surface area contributed by atoms with Gasteiger partial charge < -0.3 is 15.3 Å². The van der Waals surface area contributed by atoms with Crippen LogP contribution in [0.2, 0.25) is 0 Å². The Labute approximate surface area is 75.8 Å². The van der Waals surface area contributed by atoms with Crippen molar-refractivity contribution in [1.82, 2.24) is 0 Å². The van der Waals surface area contributed by atoms with E-state index < -0.39 is 6.10 Å². The second kappa shape index (κ2) is 3.20. The fourth-order valence-electron chi connectivity index (χ4n) is 1.38. The molecule has 1 heterocycles. The predicted molar refractivity (Wildman–Crippen MR) is 50.2 cm³/mol. The van der Waals surface area contributed by atoms with E-state index in [-0.39, 0.29) is 6.54 Å². The normalized spacial score (nSPS) is 13.4. The molecule has 0 saturated carbocycles. The number of benzene rings is 1. The van der Waals surface area contributed by atoms with Crippen LogP contribution in [0, 0.1) is 0 Å². The number of aliphatic hydroxyl groups is 1. The first kappa shape index (κ1) is 8.29. The van der Waals surface area contributed by atoms with Gasteiger partial charge in [0.1, 0.15) is 11.9 Å². The summed E-state index contributed by atoms with van der Waals surface area (Å²) < 4.78 is 5.24. The molecular formula is C10H11NO2. The summed E-state index contributed by atoms with van der Waals surface area (Å²) in [6.45, 7) is 0.178. The average Bonchev–Trinajstić information content (AvgIpc) is 2.60. The quantitative estimate of drug-likeness (QED) is 0.729. The highest BCUT2D eigenvalue weighted by Gasteiger charge is 2.12. The van der Waals surface area contributed by atoms with E-state index in [0.717, 1.165) is 10.8 Å². The first-order valence-electron chi connectivity index (χ1n) is 4.17. The summed E-state index contributed by atoms with van der Waals surface area (Å²) in [6, 6.07) is 7.68. The molecule has 0 amide bonds. The number of hydrogen-bond donors (Lipinski definition) is 2. The largest absolute Gasteiger partial charge is 0.465 e. The van der Waals surface area contributed by atoms with E-state index >= 15 is 0 Å². The van der Waals surface area contributed by atoms with Gasteiger partial charge in [0.25, 0.3) is 0 Å². The molecule has 68 valence electrons. The van der Waals surface area contributed by atoms with Gasteiger partial charge in [-0.15, -0.1) is 0 Å². The SMILES string of the molecule is NCC(O)c1occ2ccccc12. The van der Waals surface area contributed by atoms with Gasteiger partial charge in [-0.25, -0.2) is 0 Å². The Balaban J connectivity index is 2.57. The molecule has 0 radical (unpaired) electrons. The number of furan rings is 1. The molecule has 1 atom stereocenters. The minimum Gasteiger partial charge on any atom is -0.465 e. The highest BCUT2D eigenvalue weighted by molar-refractivity contribution is 5.84. The lowest BCUT2D eigenvalue weighted by atomic mass is 10.1. The number of nitrogens with two attached hydrogens (primary N) is 1. The molecule has 1 unspecified atom stereocenters. The third-order valence-corrected chi connectivity index (χ3v) is 2.07. The van der Waals surface area contributed by atoms with Crippen LogP contribution in [-0.4, -0.2) is 11.7 Å². The third-order valence-electron chi connectivity index (χ3n) is 2.07. The molecule has 0 saturated heterocycles. The summed E-state index contributed by atoms with van der Waals surface area (Å²) in [5, 5.41) is 11.4. The van der Waals surface area contributed by atoms with Gasteiger partial charge in [-0.05, 0) is 0 Å². The second-order valence-corrected chi connectivity index (χ2v) is 2.94. The fourth-order valence-corrected chi connectivity index (χ4v) is 1.38. The van der Waals surface area contributed by atoms with E-state index in [0.29, 0.717) is 5.76 Å². The van der Waals surface area contributed by atoms with Gasteiger partial charge >= 0.3 is 0 Å². The van der Waals surface area contributed by atoms with Crippen molar-refractivity contribution < 1.29 is 9.52 Å². The molecule has 0 fully saturated rings. The summed E-state index contributed by atoms with van der Waals surface area (Å²) in [4.78, 5) is 0. The van der Waals surface area contributed by atoms with Crippen LogP contribution in [0.3, 0.4) is 0 Å². The lowest BCUT2D eigenvalue weighted by Gasteiger charge is -2.03. The van der Waals surface area contributed by atoms with Gasteiger partial charge in [0.2, 0.25) is 0 Å². The van der Waals surface area contributed by atoms with Crippen molar-refractivity contribution >= 4 is 10.8 Å². The molecule has 13 heavy (non-hydrogen) atoms. The lowest BCUT2D eigenvalue weighted by Crippen LogP contribution is -2.10. The van der Waals surface area contributed by atoms with Gasteiger partial charge in [-0.2, -0.15) is 0 Å². The molecule has 2 rings (SSSR count). The molecule has 0 aliphatic rings. The van der Waals surface area contributed by atoms with E-state index in [1.54, 1.807) is 6.26 Å². The smallest absolute Gasteiger partial charge is 0.141 e. The minimum atomic E-state index is -0.708. The monoisotopic (exact) mass is 177 g/mol. The van der Waals surface area contributed by atoms with Gasteiger partial charge in [-0.3, -0.25) is 0 Å². The number of fused-ring (bicyclic) bond motifs is 1. The molecule has 0 aliphatic carbocycles. The van der Waals surface area contributed by atoms with Crippen molar-refractivity contribution in [3.63, 3.8) is 0 Å². The number of rotatable bonds is 2. The molecular weight excluding hydrogens is 166 g/mol. The zero-order valence-corrected chi connectivity index (χ0v) is 7.10. The molecule has 0 aliphatic heterocycles. The first-order chi connectivity index (χ1) is 6.33. The summed E-state index contributed by atoms with van der Waals surface area (Å²) in [5.74, 6) is 0.554. The topological polar surface area (TPSA) is 59.4 Å². The zero-order chi connectivity index (χ0) is 9.26. The van der Waals surface area contributed by atoms with Crippen LogP contribution in [0.25, 0.3) is 10.8 Å². The maximum atomic E-state index is 9.50. The van der Waals surface area contributed by atoms with Gasteiger partial charge in [0.05, 0.1) is 6.26 Å². The Bertz CT molecular complexity index is 408. The predicted octanol–water partition coefficient (Wildman–Crippen LogP) is 1.42. The van der Waals surface area contributed by atoms with Crippen LogP contribution in [0.1, 0.15) is 11.9 Å². The van der Waals surface area contributed by atoms with Gasteiger partial charge in [-0.1, -0.05) is 24.3 Å². The van der Waals surface area contributed by atoms with Crippen LogP contribution in [0.15, 0.2) is 34.9 Å². The van der Waals surface area contributed by atoms with Crippen molar-refractivity contribution in [2.75, 3.05) is 6.54 Å². The van der Waals surface area contributed by atoms with Crippen LogP contribution in [0.5, 0.6) is 0 Å². The van der Waals surface area contributed by atoms with Crippen molar-refractivity contribution in [3.8, 4) is 0 Å².